The molecule has 1 aromatic rings. The molecule has 0 heterocycles. The number of carbonyl (C=O) groups excluding carboxylic acids is 1. The second kappa shape index (κ2) is 5.80. The van der Waals surface area contributed by atoms with Crippen molar-refractivity contribution in [2.45, 2.75) is 23.8 Å². The fourth-order valence-electron chi connectivity index (χ4n) is 1.64. The number of amides is 1. The predicted molar refractivity (Wildman–Crippen MR) is 77.0 cm³/mol. The van der Waals surface area contributed by atoms with E-state index in [-0.39, 0.29) is 17.3 Å². The molecule has 7 heteroatoms. The highest BCUT2D eigenvalue weighted by Crippen LogP contribution is 2.19. The molecule has 1 saturated carbocycles. The Bertz CT molecular complexity index is 577. The Morgan fingerprint density at radius 2 is 1.85 bits per heavy atom. The number of carbonyl (C=O) groups is 1. The van der Waals surface area contributed by atoms with Crippen molar-refractivity contribution in [3.8, 4) is 0 Å². The molecule has 1 amide bonds. The summed E-state index contributed by atoms with van der Waals surface area (Å²) in [6.45, 7) is 0.191. The first kappa shape index (κ1) is 14.8. The quantitative estimate of drug-likeness (QED) is 0.807. The molecule has 0 bridgehead atoms. The smallest absolute Gasteiger partial charge is 0.242 e. The molecular weight excluding hydrogens is 278 g/mol. The number of benzene rings is 1. The maximum Gasteiger partial charge on any atom is 0.242 e. The lowest BCUT2D eigenvalue weighted by atomic mass is 10.3. The summed E-state index contributed by atoms with van der Waals surface area (Å²) in [4.78, 5) is 11.7. The standard InChI is InChI=1S/C13H19N3O3S/c1-16(2)20(18,19)12-7-5-10(6-8-12)14-9-13(17)15-11-3-4-11/h5-8,11,14H,3-4,9H2,1-2H3,(H,15,17). The summed E-state index contributed by atoms with van der Waals surface area (Å²) in [5.41, 5.74) is 0.716. The van der Waals surface area contributed by atoms with Gasteiger partial charge in [0, 0.05) is 25.8 Å². The number of nitrogens with one attached hydrogen (secondary N) is 2. The van der Waals surface area contributed by atoms with Gasteiger partial charge in [0.1, 0.15) is 0 Å². The van der Waals surface area contributed by atoms with Crippen LogP contribution in [0.2, 0.25) is 0 Å². The van der Waals surface area contributed by atoms with Crippen molar-refractivity contribution >= 4 is 21.6 Å². The third-order valence-electron chi connectivity index (χ3n) is 3.03. The van der Waals surface area contributed by atoms with Crippen molar-refractivity contribution in [2.24, 2.45) is 0 Å². The molecule has 0 atom stereocenters. The number of hydrogen-bond donors (Lipinski definition) is 2. The van der Waals surface area contributed by atoms with Gasteiger partial charge in [-0.3, -0.25) is 4.79 Å². The van der Waals surface area contributed by atoms with Gasteiger partial charge in [-0.25, -0.2) is 12.7 Å². The van der Waals surface area contributed by atoms with Crippen LogP contribution in [0, 0.1) is 0 Å². The average Bonchev–Trinajstić information content (AvgIpc) is 3.20. The third kappa shape index (κ3) is 3.71. The predicted octanol–water partition coefficient (Wildman–Crippen LogP) is 0.627. The molecule has 0 aromatic heterocycles. The van der Waals surface area contributed by atoms with Crippen molar-refractivity contribution in [3.63, 3.8) is 0 Å². The Balaban J connectivity index is 1.92. The van der Waals surface area contributed by atoms with Crippen molar-refractivity contribution in [2.75, 3.05) is 26.0 Å². The molecular formula is C13H19N3O3S. The van der Waals surface area contributed by atoms with Crippen molar-refractivity contribution < 1.29 is 13.2 Å². The Morgan fingerprint density at radius 1 is 1.25 bits per heavy atom. The highest BCUT2D eigenvalue weighted by Gasteiger charge is 2.22. The second-order valence-corrected chi connectivity index (χ2v) is 7.16. The molecule has 2 rings (SSSR count). The summed E-state index contributed by atoms with van der Waals surface area (Å²) in [6.07, 6.45) is 2.12. The molecule has 0 aliphatic heterocycles. The van der Waals surface area contributed by atoms with E-state index in [1.807, 2.05) is 0 Å². The highest BCUT2D eigenvalue weighted by atomic mass is 32.2. The molecule has 20 heavy (non-hydrogen) atoms. The van der Waals surface area contributed by atoms with Crippen molar-refractivity contribution in [3.05, 3.63) is 24.3 Å². The van der Waals surface area contributed by atoms with E-state index in [4.69, 9.17) is 0 Å². The van der Waals surface area contributed by atoms with E-state index in [9.17, 15) is 13.2 Å². The van der Waals surface area contributed by atoms with Crippen LogP contribution >= 0.6 is 0 Å². The van der Waals surface area contributed by atoms with Crippen molar-refractivity contribution in [1.29, 1.82) is 0 Å². The van der Waals surface area contributed by atoms with Gasteiger partial charge >= 0.3 is 0 Å². The second-order valence-electron chi connectivity index (χ2n) is 5.01. The maximum absolute atomic E-state index is 11.9. The van der Waals surface area contributed by atoms with Gasteiger partial charge < -0.3 is 10.6 Å². The first-order chi connectivity index (χ1) is 9.39. The minimum Gasteiger partial charge on any atom is -0.376 e. The summed E-state index contributed by atoms with van der Waals surface area (Å²) in [6, 6.07) is 6.70. The van der Waals surface area contributed by atoms with Crippen LogP contribution < -0.4 is 10.6 Å². The van der Waals surface area contributed by atoms with E-state index in [1.165, 1.54) is 30.5 Å². The lowest BCUT2D eigenvalue weighted by molar-refractivity contribution is -0.119. The number of rotatable bonds is 6. The normalized spacial score (nSPS) is 15.2. The van der Waals surface area contributed by atoms with Crippen LogP contribution in [0.5, 0.6) is 0 Å². The Labute approximate surface area is 119 Å². The van der Waals surface area contributed by atoms with Gasteiger partial charge in [-0.05, 0) is 37.1 Å². The van der Waals surface area contributed by atoms with Gasteiger partial charge in [-0.2, -0.15) is 0 Å². The summed E-state index contributed by atoms with van der Waals surface area (Å²) in [5.74, 6) is -0.0440. The summed E-state index contributed by atoms with van der Waals surface area (Å²) in [7, 11) is -0.427. The van der Waals surface area contributed by atoms with Crippen LogP contribution in [0.3, 0.4) is 0 Å². The minimum atomic E-state index is -3.41. The monoisotopic (exact) mass is 297 g/mol. The molecule has 0 radical (unpaired) electrons. The molecule has 0 saturated heterocycles. The van der Waals surface area contributed by atoms with E-state index >= 15 is 0 Å². The van der Waals surface area contributed by atoms with Crippen LogP contribution in [0.15, 0.2) is 29.2 Å². The summed E-state index contributed by atoms with van der Waals surface area (Å²) in [5, 5.41) is 5.84. The molecule has 0 unspecified atom stereocenters. The Morgan fingerprint density at radius 3 is 2.35 bits per heavy atom. The van der Waals surface area contributed by atoms with Gasteiger partial charge in [-0.15, -0.1) is 0 Å². The molecule has 1 aliphatic rings. The number of nitrogens with zero attached hydrogens (tertiary/aromatic N) is 1. The van der Waals surface area contributed by atoms with Crippen LogP contribution in [0.1, 0.15) is 12.8 Å². The highest BCUT2D eigenvalue weighted by molar-refractivity contribution is 7.89. The van der Waals surface area contributed by atoms with Gasteiger partial charge in [0.05, 0.1) is 11.4 Å². The zero-order valence-corrected chi connectivity index (χ0v) is 12.4. The topological polar surface area (TPSA) is 78.5 Å². The lowest BCUT2D eigenvalue weighted by Crippen LogP contribution is -2.31. The van der Waals surface area contributed by atoms with Crippen LogP contribution in [0.4, 0.5) is 5.69 Å². The molecule has 1 fully saturated rings. The molecule has 2 N–H and O–H groups in total. The van der Waals surface area contributed by atoms with Crippen LogP contribution in [0.25, 0.3) is 0 Å². The fraction of sp³-hybridized carbons (Fsp3) is 0.462. The number of sulfonamides is 1. The molecule has 1 aliphatic carbocycles. The summed E-state index contributed by atoms with van der Waals surface area (Å²) < 4.78 is 24.9. The zero-order chi connectivity index (χ0) is 14.8. The van der Waals surface area contributed by atoms with Crippen molar-refractivity contribution in [1.82, 2.24) is 9.62 Å². The van der Waals surface area contributed by atoms with Gasteiger partial charge in [-0.1, -0.05) is 0 Å². The van der Waals surface area contributed by atoms with E-state index in [0.29, 0.717) is 11.7 Å². The average molecular weight is 297 g/mol. The Hall–Kier alpha value is -1.60. The first-order valence-electron chi connectivity index (χ1n) is 6.45. The lowest BCUT2D eigenvalue weighted by Gasteiger charge is -2.12. The van der Waals surface area contributed by atoms with Crippen LogP contribution in [-0.4, -0.2) is 45.3 Å². The SMILES string of the molecule is CN(C)S(=O)(=O)c1ccc(NCC(=O)NC2CC2)cc1. The number of anilines is 1. The molecule has 1 aromatic carbocycles. The molecule has 6 nitrogen and oxygen atoms in total. The molecule has 110 valence electrons. The van der Waals surface area contributed by atoms with Gasteiger partial charge in [0.2, 0.25) is 15.9 Å². The number of hydrogen-bond acceptors (Lipinski definition) is 4. The van der Waals surface area contributed by atoms with Crippen LogP contribution in [-0.2, 0) is 14.8 Å². The Kier molecular flexibility index (Phi) is 4.29. The van der Waals surface area contributed by atoms with Gasteiger partial charge in [0.25, 0.3) is 0 Å². The van der Waals surface area contributed by atoms with E-state index in [0.717, 1.165) is 12.8 Å². The van der Waals surface area contributed by atoms with E-state index in [1.54, 1.807) is 12.1 Å². The maximum atomic E-state index is 11.9. The zero-order valence-electron chi connectivity index (χ0n) is 11.6. The molecule has 0 spiro atoms. The summed E-state index contributed by atoms with van der Waals surface area (Å²) >= 11 is 0. The third-order valence-corrected chi connectivity index (χ3v) is 4.86. The first-order valence-corrected chi connectivity index (χ1v) is 7.89. The fourth-order valence-corrected chi connectivity index (χ4v) is 2.55. The van der Waals surface area contributed by atoms with E-state index < -0.39 is 10.0 Å². The van der Waals surface area contributed by atoms with Gasteiger partial charge in [0.15, 0.2) is 0 Å². The largest absolute Gasteiger partial charge is 0.376 e. The van der Waals surface area contributed by atoms with E-state index in [2.05, 4.69) is 10.6 Å². The minimum absolute atomic E-state index is 0.0440.